The van der Waals surface area contributed by atoms with Crippen LogP contribution >= 0.6 is 0 Å². The summed E-state index contributed by atoms with van der Waals surface area (Å²) in [7, 11) is 0. The van der Waals surface area contributed by atoms with E-state index in [9.17, 15) is 19.8 Å². The normalized spacial score (nSPS) is 18.5. The molecule has 0 aromatic heterocycles. The zero-order valence-corrected chi connectivity index (χ0v) is 17.8. The molecule has 2 aromatic carbocycles. The molecule has 0 saturated carbocycles. The van der Waals surface area contributed by atoms with E-state index in [1.54, 1.807) is 0 Å². The highest BCUT2D eigenvalue weighted by Gasteiger charge is 2.39. The number of rotatable bonds is 8. The predicted molar refractivity (Wildman–Crippen MR) is 118 cm³/mol. The Hall–Kier alpha value is -2.74. The number of nitrogens with one attached hydrogen (secondary N) is 1. The fourth-order valence-corrected chi connectivity index (χ4v) is 3.97. The summed E-state index contributed by atoms with van der Waals surface area (Å²) in [6, 6.07) is 16.5. The lowest BCUT2D eigenvalue weighted by Gasteiger charge is -2.32. The van der Waals surface area contributed by atoms with E-state index < -0.39 is 29.8 Å². The number of hydrogen-bond acceptors (Lipinski definition) is 5. The standard InChI is InChI=1S/C24H31N3O4/c1-24(30,31)21(16-18-11-6-3-7-12-18)26-22(28)20-13-8-14-27(20)23(29)19(25)15-17-9-4-2-5-10-17/h2-7,9-12,19-21,30-31H,8,13-16,25H2,1H3,(H,26,28)/t19-,20-,21-/m0/s1. The number of nitrogens with two attached hydrogens (primary N) is 1. The van der Waals surface area contributed by atoms with Crippen molar-refractivity contribution in [2.24, 2.45) is 5.73 Å². The van der Waals surface area contributed by atoms with Gasteiger partial charge in [-0.15, -0.1) is 0 Å². The van der Waals surface area contributed by atoms with Crippen LogP contribution in [0.25, 0.3) is 0 Å². The van der Waals surface area contributed by atoms with Crippen LogP contribution in [-0.4, -0.2) is 57.4 Å². The Morgan fingerprint density at radius 3 is 2.16 bits per heavy atom. The van der Waals surface area contributed by atoms with E-state index >= 15 is 0 Å². The first-order valence-electron chi connectivity index (χ1n) is 10.6. The molecule has 1 heterocycles. The average molecular weight is 426 g/mol. The molecule has 3 rings (SSSR count). The van der Waals surface area contributed by atoms with Crippen LogP contribution in [0.15, 0.2) is 60.7 Å². The number of nitrogens with zero attached hydrogens (tertiary/aromatic N) is 1. The van der Waals surface area contributed by atoms with Gasteiger partial charge in [0.15, 0.2) is 5.79 Å². The van der Waals surface area contributed by atoms with E-state index in [4.69, 9.17) is 5.73 Å². The smallest absolute Gasteiger partial charge is 0.243 e. The SMILES string of the molecule is CC(O)(O)[C@H](Cc1ccccc1)NC(=O)[C@@H]1CCCN1C(=O)[C@@H](N)Cc1ccccc1. The highest BCUT2D eigenvalue weighted by Crippen LogP contribution is 2.21. The van der Waals surface area contributed by atoms with Crippen molar-refractivity contribution in [1.82, 2.24) is 10.2 Å². The molecule has 0 radical (unpaired) electrons. The highest BCUT2D eigenvalue weighted by molar-refractivity contribution is 5.90. The van der Waals surface area contributed by atoms with Crippen molar-refractivity contribution in [3.63, 3.8) is 0 Å². The summed E-state index contributed by atoms with van der Waals surface area (Å²) in [5.41, 5.74) is 7.99. The van der Waals surface area contributed by atoms with Crippen molar-refractivity contribution in [3.8, 4) is 0 Å². The van der Waals surface area contributed by atoms with Crippen molar-refractivity contribution >= 4 is 11.8 Å². The number of benzene rings is 2. The summed E-state index contributed by atoms with van der Waals surface area (Å²) in [5, 5.41) is 23.1. The molecule has 2 aromatic rings. The van der Waals surface area contributed by atoms with Crippen LogP contribution in [0.3, 0.4) is 0 Å². The van der Waals surface area contributed by atoms with Gasteiger partial charge in [0.25, 0.3) is 0 Å². The zero-order chi connectivity index (χ0) is 22.4. The molecule has 2 amide bonds. The maximum absolute atomic E-state index is 13.0. The summed E-state index contributed by atoms with van der Waals surface area (Å²) in [4.78, 5) is 27.5. The molecule has 3 atom stereocenters. The third-order valence-corrected chi connectivity index (χ3v) is 5.71. The number of amides is 2. The quantitative estimate of drug-likeness (QED) is 0.471. The second kappa shape index (κ2) is 10.0. The maximum atomic E-state index is 13.0. The van der Waals surface area contributed by atoms with Gasteiger partial charge in [0.2, 0.25) is 11.8 Å². The monoisotopic (exact) mass is 425 g/mol. The van der Waals surface area contributed by atoms with E-state index in [1.807, 2.05) is 60.7 Å². The van der Waals surface area contributed by atoms with E-state index in [0.717, 1.165) is 11.1 Å². The molecule has 0 aliphatic carbocycles. The molecule has 7 heteroatoms. The zero-order valence-electron chi connectivity index (χ0n) is 17.8. The van der Waals surface area contributed by atoms with Crippen LogP contribution in [-0.2, 0) is 22.4 Å². The van der Waals surface area contributed by atoms with Crippen molar-refractivity contribution in [2.45, 2.75) is 56.5 Å². The summed E-state index contributed by atoms with van der Waals surface area (Å²) < 4.78 is 0. The van der Waals surface area contributed by atoms with Gasteiger partial charge in [0, 0.05) is 6.54 Å². The molecular weight excluding hydrogens is 394 g/mol. The second-order valence-electron chi connectivity index (χ2n) is 8.33. The van der Waals surface area contributed by atoms with E-state index in [-0.39, 0.29) is 12.3 Å². The van der Waals surface area contributed by atoms with E-state index in [2.05, 4.69) is 5.32 Å². The second-order valence-corrected chi connectivity index (χ2v) is 8.33. The topological polar surface area (TPSA) is 116 Å². The minimum atomic E-state index is -2.11. The Balaban J connectivity index is 1.66. The molecule has 1 fully saturated rings. The van der Waals surface area contributed by atoms with Crippen LogP contribution in [0.4, 0.5) is 0 Å². The van der Waals surface area contributed by atoms with Crippen molar-refractivity contribution in [3.05, 3.63) is 71.8 Å². The van der Waals surface area contributed by atoms with Crippen LogP contribution in [0.1, 0.15) is 30.9 Å². The van der Waals surface area contributed by atoms with Gasteiger partial charge in [0.05, 0.1) is 12.1 Å². The van der Waals surface area contributed by atoms with Crippen LogP contribution < -0.4 is 11.1 Å². The summed E-state index contributed by atoms with van der Waals surface area (Å²) in [6.45, 7) is 1.70. The third kappa shape index (κ3) is 6.13. The Labute approximate surface area is 182 Å². The lowest BCUT2D eigenvalue weighted by molar-refractivity contribution is -0.172. The number of hydrogen-bond donors (Lipinski definition) is 4. The molecule has 1 aliphatic heterocycles. The lowest BCUT2D eigenvalue weighted by atomic mass is 9.99. The van der Waals surface area contributed by atoms with Gasteiger partial charge in [-0.1, -0.05) is 60.7 Å². The Kier molecular flexibility index (Phi) is 7.43. The number of likely N-dealkylation sites (tertiary alicyclic amines) is 1. The first-order valence-corrected chi connectivity index (χ1v) is 10.6. The lowest BCUT2D eigenvalue weighted by Crippen LogP contribution is -2.58. The maximum Gasteiger partial charge on any atom is 0.243 e. The number of carbonyl (C=O) groups excluding carboxylic acids is 2. The van der Waals surface area contributed by atoms with Crippen molar-refractivity contribution in [1.29, 1.82) is 0 Å². The first kappa shape index (κ1) is 22.9. The van der Waals surface area contributed by atoms with Gasteiger partial charge in [-0.25, -0.2) is 0 Å². The molecule has 7 nitrogen and oxygen atoms in total. The summed E-state index contributed by atoms with van der Waals surface area (Å²) in [5.74, 6) is -2.77. The summed E-state index contributed by atoms with van der Waals surface area (Å²) in [6.07, 6.45) is 1.86. The fourth-order valence-electron chi connectivity index (χ4n) is 3.97. The van der Waals surface area contributed by atoms with E-state index in [0.29, 0.717) is 25.8 Å². The molecule has 1 saturated heterocycles. The van der Waals surface area contributed by atoms with Gasteiger partial charge in [-0.2, -0.15) is 0 Å². The Morgan fingerprint density at radius 2 is 1.61 bits per heavy atom. The van der Waals surface area contributed by atoms with Gasteiger partial charge in [-0.05, 0) is 43.7 Å². The molecule has 31 heavy (non-hydrogen) atoms. The van der Waals surface area contributed by atoms with Crippen LogP contribution in [0.2, 0.25) is 0 Å². The summed E-state index contributed by atoms with van der Waals surface area (Å²) >= 11 is 0. The van der Waals surface area contributed by atoms with Crippen molar-refractivity contribution < 1.29 is 19.8 Å². The minimum absolute atomic E-state index is 0.254. The third-order valence-electron chi connectivity index (χ3n) is 5.71. The fraction of sp³-hybridized carbons (Fsp3) is 0.417. The first-order chi connectivity index (χ1) is 14.8. The predicted octanol–water partition coefficient (Wildman–Crippen LogP) is 0.976. The van der Waals surface area contributed by atoms with Crippen LogP contribution in [0.5, 0.6) is 0 Å². The average Bonchev–Trinajstić information content (AvgIpc) is 3.23. The minimum Gasteiger partial charge on any atom is -0.364 e. The molecule has 0 bridgehead atoms. The number of carbonyl (C=O) groups is 2. The van der Waals surface area contributed by atoms with Gasteiger partial charge < -0.3 is 26.2 Å². The Morgan fingerprint density at radius 1 is 1.06 bits per heavy atom. The molecule has 5 N–H and O–H groups in total. The van der Waals surface area contributed by atoms with Crippen LogP contribution in [0, 0.1) is 0 Å². The van der Waals surface area contributed by atoms with E-state index in [1.165, 1.54) is 11.8 Å². The number of aliphatic hydroxyl groups is 2. The molecule has 1 aliphatic rings. The van der Waals surface area contributed by atoms with Crippen molar-refractivity contribution in [2.75, 3.05) is 6.54 Å². The van der Waals surface area contributed by atoms with Gasteiger partial charge in [0.1, 0.15) is 6.04 Å². The Bertz CT molecular complexity index is 867. The van der Waals surface area contributed by atoms with Gasteiger partial charge >= 0.3 is 0 Å². The molecular formula is C24H31N3O4. The van der Waals surface area contributed by atoms with Gasteiger partial charge in [-0.3, -0.25) is 9.59 Å². The molecule has 0 unspecified atom stereocenters. The largest absolute Gasteiger partial charge is 0.364 e. The molecule has 166 valence electrons. The highest BCUT2D eigenvalue weighted by atomic mass is 16.5. The molecule has 0 spiro atoms.